The van der Waals surface area contributed by atoms with Crippen molar-refractivity contribution in [3.05, 3.63) is 23.8 Å². The molecule has 0 unspecified atom stereocenters. The molecule has 27 atom stereocenters. The Labute approximate surface area is 433 Å². The molecule has 4 aliphatic carbocycles. The largest absolute Gasteiger partial charge is 0.455 e. The summed E-state index contributed by atoms with van der Waals surface area (Å²) >= 11 is 0. The molecule has 74 heavy (non-hydrogen) atoms. The van der Waals surface area contributed by atoms with Gasteiger partial charge in [-0.1, -0.05) is 64.8 Å². The van der Waals surface area contributed by atoms with Crippen molar-refractivity contribution >= 4 is 11.9 Å². The predicted octanol–water partition coefficient (Wildman–Crippen LogP) is 0.881. The maximum atomic E-state index is 13.3. The lowest BCUT2D eigenvalue weighted by molar-refractivity contribution is -0.363. The van der Waals surface area contributed by atoms with Gasteiger partial charge in [0.25, 0.3) is 0 Å². The van der Waals surface area contributed by atoms with Crippen LogP contribution in [0.25, 0.3) is 0 Å². The quantitative estimate of drug-likeness (QED) is 0.0722. The SMILES string of the molecule is C=C(CC[C@]1(OC)O[C@H]2C[C@H]3[C@@H]4CC=C5C[C@@H](O)C[C@@H](O[C@@H]6OC[C@H](OC(=O)[C@@H](O)[C@@H](C)CC)[C@H](OC(C)=O)[C@H]6O[C@@H]6O[C@@H](C)[C@H](O)[C@@H](O)[C@H]6O)[C@]5(C)[C@H]4CC[C@]3(C)[C@H]2[C@@H]1C)CO[C@@H]1O[C@H](CO)[C@@H](O)[C@H](O)[C@H]1O. The van der Waals surface area contributed by atoms with Crippen LogP contribution >= 0.6 is 0 Å². The third-order valence-electron chi connectivity index (χ3n) is 19.1. The van der Waals surface area contributed by atoms with Crippen LogP contribution in [0.3, 0.4) is 0 Å². The molecule has 0 radical (unpaired) electrons. The zero-order valence-corrected chi connectivity index (χ0v) is 44.1. The second-order valence-corrected chi connectivity index (χ2v) is 23.2. The summed E-state index contributed by atoms with van der Waals surface area (Å²) in [5, 5.41) is 95.3. The number of rotatable bonds is 17. The van der Waals surface area contributed by atoms with E-state index in [0.717, 1.165) is 31.3 Å². The van der Waals surface area contributed by atoms with Gasteiger partial charge in [0.2, 0.25) is 0 Å². The van der Waals surface area contributed by atoms with Crippen LogP contribution in [0.1, 0.15) is 106 Å². The third kappa shape index (κ3) is 10.5. The molecule has 8 aliphatic rings. The summed E-state index contributed by atoms with van der Waals surface area (Å²) in [5.41, 5.74) is 0.978. The molecule has 422 valence electrons. The second kappa shape index (κ2) is 22.8. The Bertz CT molecular complexity index is 2010. The van der Waals surface area contributed by atoms with Crippen molar-refractivity contribution < 1.29 is 103 Å². The highest BCUT2D eigenvalue weighted by atomic mass is 16.8. The fourth-order valence-corrected chi connectivity index (χ4v) is 14.6. The van der Waals surface area contributed by atoms with E-state index in [1.807, 2.05) is 6.92 Å². The Morgan fingerprint density at radius 1 is 0.892 bits per heavy atom. The summed E-state index contributed by atoms with van der Waals surface area (Å²) in [6, 6.07) is 0. The monoisotopic (exact) mass is 1060 g/mol. The predicted molar refractivity (Wildman–Crippen MR) is 257 cm³/mol. The van der Waals surface area contributed by atoms with Crippen LogP contribution in [0.2, 0.25) is 0 Å². The van der Waals surface area contributed by atoms with Gasteiger partial charge in [0, 0.05) is 38.2 Å². The van der Waals surface area contributed by atoms with Crippen molar-refractivity contribution in [1.29, 1.82) is 0 Å². The normalized spacial score (nSPS) is 48.8. The molecule has 4 heterocycles. The molecule has 8 rings (SSSR count). The number of fused-ring (bicyclic) bond motifs is 7. The Hall–Kier alpha value is -2.26. The first kappa shape index (κ1) is 57.9. The molecule has 3 saturated carbocycles. The maximum Gasteiger partial charge on any atom is 0.335 e. The fourth-order valence-electron chi connectivity index (χ4n) is 14.6. The van der Waals surface area contributed by atoms with E-state index in [0.29, 0.717) is 31.3 Å². The molecule has 0 aromatic heterocycles. The second-order valence-electron chi connectivity index (χ2n) is 23.2. The first-order valence-electron chi connectivity index (χ1n) is 26.8. The van der Waals surface area contributed by atoms with Gasteiger partial charge in [-0.25, -0.2) is 4.79 Å². The molecule has 0 bridgehead atoms. The highest BCUT2D eigenvalue weighted by molar-refractivity contribution is 5.75. The lowest BCUT2D eigenvalue weighted by atomic mass is 9.46. The lowest BCUT2D eigenvalue weighted by Gasteiger charge is -2.60. The number of carbonyl (C=O) groups excluding carboxylic acids is 2. The minimum atomic E-state index is -1.77. The van der Waals surface area contributed by atoms with Gasteiger partial charge in [-0.05, 0) is 80.5 Å². The first-order valence-corrected chi connectivity index (χ1v) is 26.8. The Morgan fingerprint density at radius 3 is 2.27 bits per heavy atom. The van der Waals surface area contributed by atoms with Crippen molar-refractivity contribution in [2.75, 3.05) is 26.9 Å². The number of aliphatic hydroxyl groups is 9. The topological polar surface area (TPSA) is 309 Å². The standard InChI is InChI=1S/C53H84O21/c1-10-24(3)38(57)47(64)70-35-22-67-50(46(45(35)69-27(6)55)73-49-44(63)41(60)39(58)26(5)68-49)72-36-18-29(56)17-28-11-12-30-31(52(28,36)8)14-15-51(7)32(30)19-33-37(51)25(4)53(65-9,74-33)16-13-23(2)21-66-48-43(62)42(61)40(59)34(20-54)71-48/h11,24-26,29-46,48-50,54,56-63H,2,10,12-22H2,1,3-9H3/t24-,25-,26-,29+,30+,31-,32-,33-,34+,35-,36+,37-,38-,39-,40+,41+,42-,43+,44+,45-,46+,48+,49-,50-,51-,52-,53-/m0/s1. The number of esters is 2. The highest BCUT2D eigenvalue weighted by Gasteiger charge is 2.69. The van der Waals surface area contributed by atoms with Gasteiger partial charge in [0.05, 0.1) is 44.2 Å². The Kier molecular flexibility index (Phi) is 17.9. The van der Waals surface area contributed by atoms with Crippen molar-refractivity contribution in [3.8, 4) is 0 Å². The van der Waals surface area contributed by atoms with E-state index in [2.05, 4.69) is 33.4 Å². The molecule has 4 aliphatic heterocycles. The molecule has 0 aromatic rings. The molecule has 0 aromatic carbocycles. The van der Waals surface area contributed by atoms with Gasteiger partial charge in [-0.2, -0.15) is 0 Å². The fraction of sp³-hybridized carbons (Fsp3) is 0.887. The third-order valence-corrected chi connectivity index (χ3v) is 19.1. The smallest absolute Gasteiger partial charge is 0.335 e. The van der Waals surface area contributed by atoms with Crippen LogP contribution in [0.15, 0.2) is 23.8 Å². The van der Waals surface area contributed by atoms with Crippen molar-refractivity contribution in [3.63, 3.8) is 0 Å². The van der Waals surface area contributed by atoms with E-state index < -0.39 is 140 Å². The number of aliphatic hydroxyl groups excluding tert-OH is 9. The van der Waals surface area contributed by atoms with E-state index in [1.165, 1.54) is 13.8 Å². The van der Waals surface area contributed by atoms with E-state index in [-0.39, 0.29) is 60.7 Å². The molecule has 0 spiro atoms. The first-order chi connectivity index (χ1) is 34.9. The van der Waals surface area contributed by atoms with Gasteiger partial charge >= 0.3 is 11.9 Å². The van der Waals surface area contributed by atoms with Gasteiger partial charge in [-0.3, -0.25) is 4.79 Å². The molecule has 4 saturated heterocycles. The summed E-state index contributed by atoms with van der Waals surface area (Å²) < 4.78 is 62.0. The molecular formula is C53H84O21. The number of allylic oxidation sites excluding steroid dienone is 1. The van der Waals surface area contributed by atoms with Crippen molar-refractivity contribution in [1.82, 2.24) is 0 Å². The van der Waals surface area contributed by atoms with Crippen LogP contribution in [0.5, 0.6) is 0 Å². The van der Waals surface area contributed by atoms with Gasteiger partial charge in [0.1, 0.15) is 42.7 Å². The minimum Gasteiger partial charge on any atom is -0.455 e. The lowest BCUT2D eigenvalue weighted by Crippen LogP contribution is -2.64. The van der Waals surface area contributed by atoms with Gasteiger partial charge in [-0.15, -0.1) is 0 Å². The van der Waals surface area contributed by atoms with Crippen LogP contribution in [0, 0.1) is 46.3 Å². The van der Waals surface area contributed by atoms with E-state index in [9.17, 15) is 55.5 Å². The van der Waals surface area contributed by atoms with E-state index in [4.69, 9.17) is 47.4 Å². The number of carbonyl (C=O) groups is 2. The average Bonchev–Trinajstić information content (AvgIpc) is 3.83. The van der Waals surface area contributed by atoms with Crippen molar-refractivity contribution in [2.45, 2.75) is 222 Å². The summed E-state index contributed by atoms with van der Waals surface area (Å²) in [5.74, 6) is -2.41. The van der Waals surface area contributed by atoms with Crippen LogP contribution in [0.4, 0.5) is 0 Å². The number of hydrogen-bond acceptors (Lipinski definition) is 21. The minimum absolute atomic E-state index is 0.0120. The molecular weight excluding hydrogens is 973 g/mol. The maximum absolute atomic E-state index is 13.3. The van der Waals surface area contributed by atoms with Crippen molar-refractivity contribution in [2.24, 2.45) is 46.3 Å². The Balaban J connectivity index is 0.999. The molecule has 21 heteroatoms. The summed E-state index contributed by atoms with van der Waals surface area (Å²) in [7, 11) is 1.66. The number of hydrogen-bond donors (Lipinski definition) is 9. The summed E-state index contributed by atoms with van der Waals surface area (Å²) in [6.07, 6.45) is -15.4. The van der Waals surface area contributed by atoms with Gasteiger partial charge < -0.3 is 93.3 Å². The Morgan fingerprint density at radius 2 is 1.59 bits per heavy atom. The van der Waals surface area contributed by atoms with Crippen LogP contribution in [-0.2, 0) is 57.0 Å². The molecule has 7 fully saturated rings. The van der Waals surface area contributed by atoms with Gasteiger partial charge in [0.15, 0.2) is 49.1 Å². The summed E-state index contributed by atoms with van der Waals surface area (Å²) in [6.45, 7) is 16.2. The summed E-state index contributed by atoms with van der Waals surface area (Å²) in [4.78, 5) is 26.2. The number of methoxy groups -OCH3 is 1. The van der Waals surface area contributed by atoms with E-state index in [1.54, 1.807) is 14.0 Å². The zero-order chi connectivity index (χ0) is 53.9. The zero-order valence-electron chi connectivity index (χ0n) is 44.1. The van der Waals surface area contributed by atoms with Crippen LogP contribution in [-0.4, -0.2) is 201 Å². The highest BCUT2D eigenvalue weighted by Crippen LogP contribution is 2.70. The van der Waals surface area contributed by atoms with Crippen LogP contribution < -0.4 is 0 Å². The number of ether oxygens (including phenoxy) is 10. The van der Waals surface area contributed by atoms with E-state index >= 15 is 0 Å². The molecule has 0 amide bonds. The average molecular weight is 1060 g/mol. The molecule has 9 N–H and O–H groups in total. The molecule has 21 nitrogen and oxygen atoms in total.